The summed E-state index contributed by atoms with van der Waals surface area (Å²) >= 11 is 0. The highest BCUT2D eigenvalue weighted by Crippen LogP contribution is 2.19. The summed E-state index contributed by atoms with van der Waals surface area (Å²) in [6.07, 6.45) is 0. The number of nitrogens with zero attached hydrogens (tertiary/aromatic N) is 1. The Labute approximate surface area is 119 Å². The minimum Gasteiger partial charge on any atom is -0.480 e. The molecule has 0 aliphatic carbocycles. The molecule has 1 rings (SSSR count). The third-order valence-corrected chi connectivity index (χ3v) is 2.87. The van der Waals surface area contributed by atoms with Gasteiger partial charge in [0.15, 0.2) is 0 Å². The van der Waals surface area contributed by atoms with Crippen LogP contribution in [0.5, 0.6) is 0 Å². The van der Waals surface area contributed by atoms with Gasteiger partial charge in [-0.15, -0.1) is 0 Å². The monoisotopic (exact) mass is 279 g/mol. The lowest BCUT2D eigenvalue weighted by molar-refractivity contribution is -0.149. The number of rotatable bonds is 7. The normalized spacial score (nSPS) is 11.2. The van der Waals surface area contributed by atoms with Crippen molar-refractivity contribution < 1.29 is 19.4 Å². The van der Waals surface area contributed by atoms with Crippen LogP contribution in [-0.2, 0) is 20.9 Å². The van der Waals surface area contributed by atoms with Crippen LogP contribution in [-0.4, -0.2) is 42.1 Å². The van der Waals surface area contributed by atoms with E-state index in [9.17, 15) is 9.59 Å². The first-order valence-corrected chi connectivity index (χ1v) is 6.42. The van der Waals surface area contributed by atoms with Crippen molar-refractivity contribution >= 4 is 11.9 Å². The molecule has 0 aliphatic heterocycles. The molecule has 0 spiro atoms. The molecule has 0 radical (unpaired) electrons. The van der Waals surface area contributed by atoms with E-state index in [-0.39, 0.29) is 19.1 Å². The van der Waals surface area contributed by atoms with E-state index in [0.29, 0.717) is 6.61 Å². The van der Waals surface area contributed by atoms with Crippen LogP contribution in [0.15, 0.2) is 30.3 Å². The number of carbonyl (C=O) groups is 2. The Kier molecular flexibility index (Phi) is 5.70. The fraction of sp³-hybridized carbons (Fsp3) is 0.467. The average molecular weight is 279 g/mol. The van der Waals surface area contributed by atoms with E-state index >= 15 is 0 Å². The summed E-state index contributed by atoms with van der Waals surface area (Å²) in [7, 11) is 1.48. The number of carboxylic acids is 1. The van der Waals surface area contributed by atoms with Gasteiger partial charge in [0.05, 0.1) is 18.6 Å². The molecule has 0 heterocycles. The van der Waals surface area contributed by atoms with Gasteiger partial charge in [0.2, 0.25) is 5.91 Å². The van der Waals surface area contributed by atoms with Crippen LogP contribution in [0.2, 0.25) is 0 Å². The Morgan fingerprint density at radius 1 is 1.25 bits per heavy atom. The Morgan fingerprint density at radius 2 is 1.85 bits per heavy atom. The first-order chi connectivity index (χ1) is 9.33. The smallest absolute Gasteiger partial charge is 0.323 e. The summed E-state index contributed by atoms with van der Waals surface area (Å²) in [4.78, 5) is 23.9. The summed E-state index contributed by atoms with van der Waals surface area (Å²) in [6.45, 7) is 3.86. The SMILES string of the molecule is CN(CC(=O)O)C(=O)C(C)(C)COCc1ccccc1. The van der Waals surface area contributed by atoms with E-state index in [0.717, 1.165) is 5.56 Å². The van der Waals surface area contributed by atoms with Crippen LogP contribution < -0.4 is 0 Å². The summed E-state index contributed by atoms with van der Waals surface area (Å²) < 4.78 is 5.57. The standard InChI is InChI=1S/C15H21NO4/c1-15(2,14(19)16(3)9-13(17)18)11-20-10-12-7-5-4-6-8-12/h4-8H,9-11H2,1-3H3,(H,17,18). The zero-order valence-electron chi connectivity index (χ0n) is 12.1. The molecule has 0 aliphatic rings. The van der Waals surface area contributed by atoms with Crippen molar-refractivity contribution in [1.82, 2.24) is 4.90 Å². The maximum atomic E-state index is 12.1. The van der Waals surface area contributed by atoms with Gasteiger partial charge in [-0.3, -0.25) is 9.59 Å². The second-order valence-electron chi connectivity index (χ2n) is 5.42. The molecule has 0 aromatic heterocycles. The van der Waals surface area contributed by atoms with E-state index in [2.05, 4.69) is 0 Å². The van der Waals surface area contributed by atoms with E-state index in [4.69, 9.17) is 9.84 Å². The highest BCUT2D eigenvalue weighted by molar-refractivity contribution is 5.85. The number of hydrogen-bond donors (Lipinski definition) is 1. The molecular weight excluding hydrogens is 258 g/mol. The van der Waals surface area contributed by atoms with E-state index < -0.39 is 11.4 Å². The highest BCUT2D eigenvalue weighted by Gasteiger charge is 2.31. The zero-order valence-corrected chi connectivity index (χ0v) is 12.1. The summed E-state index contributed by atoms with van der Waals surface area (Å²) in [5.74, 6) is -1.27. The van der Waals surface area contributed by atoms with Crippen molar-refractivity contribution in [1.29, 1.82) is 0 Å². The third kappa shape index (κ3) is 5.01. The van der Waals surface area contributed by atoms with Gasteiger partial charge in [-0.25, -0.2) is 0 Å². The fourth-order valence-electron chi connectivity index (χ4n) is 1.85. The van der Waals surface area contributed by atoms with Crippen LogP contribution in [0, 0.1) is 5.41 Å². The molecule has 1 amide bonds. The number of benzene rings is 1. The largest absolute Gasteiger partial charge is 0.480 e. The van der Waals surface area contributed by atoms with Crippen LogP contribution in [0.4, 0.5) is 0 Å². The molecule has 20 heavy (non-hydrogen) atoms. The Bertz CT molecular complexity index is 456. The van der Waals surface area contributed by atoms with Crippen molar-refractivity contribution in [2.24, 2.45) is 5.41 Å². The minimum atomic E-state index is -1.03. The average Bonchev–Trinajstić information content (AvgIpc) is 2.38. The Hall–Kier alpha value is -1.88. The van der Waals surface area contributed by atoms with Crippen molar-refractivity contribution in [3.63, 3.8) is 0 Å². The first kappa shape index (κ1) is 16.2. The molecule has 5 nitrogen and oxygen atoms in total. The molecule has 5 heteroatoms. The van der Waals surface area contributed by atoms with E-state index in [1.165, 1.54) is 11.9 Å². The molecule has 0 unspecified atom stereocenters. The molecule has 0 saturated carbocycles. The van der Waals surface area contributed by atoms with Gasteiger partial charge >= 0.3 is 5.97 Å². The number of carbonyl (C=O) groups excluding carboxylic acids is 1. The summed E-state index contributed by atoms with van der Waals surface area (Å²) in [5, 5.41) is 8.70. The van der Waals surface area contributed by atoms with E-state index in [1.54, 1.807) is 13.8 Å². The van der Waals surface area contributed by atoms with Gasteiger partial charge in [0.25, 0.3) is 0 Å². The van der Waals surface area contributed by atoms with Gasteiger partial charge < -0.3 is 14.7 Å². The van der Waals surface area contributed by atoms with Gasteiger partial charge in [-0.1, -0.05) is 30.3 Å². The molecule has 1 N–H and O–H groups in total. The van der Waals surface area contributed by atoms with Crippen molar-refractivity contribution in [2.75, 3.05) is 20.2 Å². The topological polar surface area (TPSA) is 66.8 Å². The third-order valence-electron chi connectivity index (χ3n) is 2.87. The second kappa shape index (κ2) is 7.05. The molecule has 0 atom stereocenters. The van der Waals surface area contributed by atoms with Gasteiger partial charge in [0, 0.05) is 7.05 Å². The second-order valence-corrected chi connectivity index (χ2v) is 5.42. The molecule has 0 saturated heterocycles. The number of hydrogen-bond acceptors (Lipinski definition) is 3. The Balaban J connectivity index is 2.48. The van der Waals surface area contributed by atoms with Crippen LogP contribution in [0.1, 0.15) is 19.4 Å². The van der Waals surface area contributed by atoms with E-state index in [1.807, 2.05) is 30.3 Å². The maximum Gasteiger partial charge on any atom is 0.323 e. The lowest BCUT2D eigenvalue weighted by Gasteiger charge is -2.28. The highest BCUT2D eigenvalue weighted by atomic mass is 16.5. The van der Waals surface area contributed by atoms with Crippen molar-refractivity contribution in [3.05, 3.63) is 35.9 Å². The van der Waals surface area contributed by atoms with Gasteiger partial charge in [-0.05, 0) is 19.4 Å². The van der Waals surface area contributed by atoms with Gasteiger partial charge in [-0.2, -0.15) is 0 Å². The molecular formula is C15H21NO4. The molecule has 110 valence electrons. The van der Waals surface area contributed by atoms with Crippen LogP contribution in [0.25, 0.3) is 0 Å². The molecule has 1 aromatic carbocycles. The summed E-state index contributed by atoms with van der Waals surface area (Å²) in [5.41, 5.74) is 0.286. The predicted molar refractivity (Wildman–Crippen MR) is 75.2 cm³/mol. The Morgan fingerprint density at radius 3 is 2.40 bits per heavy atom. The van der Waals surface area contributed by atoms with Crippen molar-refractivity contribution in [2.45, 2.75) is 20.5 Å². The quantitative estimate of drug-likeness (QED) is 0.826. The lowest BCUT2D eigenvalue weighted by Crippen LogP contribution is -2.43. The molecule has 1 aromatic rings. The minimum absolute atomic E-state index is 0.241. The number of likely N-dealkylation sites (N-methyl/N-ethyl adjacent to an activating group) is 1. The first-order valence-electron chi connectivity index (χ1n) is 6.42. The zero-order chi connectivity index (χ0) is 15.2. The maximum absolute atomic E-state index is 12.1. The molecule has 0 fully saturated rings. The lowest BCUT2D eigenvalue weighted by atomic mass is 9.93. The van der Waals surface area contributed by atoms with Crippen molar-refractivity contribution in [3.8, 4) is 0 Å². The summed E-state index contributed by atoms with van der Waals surface area (Å²) in [6, 6.07) is 9.68. The van der Waals surface area contributed by atoms with Gasteiger partial charge in [0.1, 0.15) is 6.54 Å². The fourth-order valence-corrected chi connectivity index (χ4v) is 1.85. The van der Waals surface area contributed by atoms with Crippen LogP contribution >= 0.6 is 0 Å². The predicted octanol–water partition coefficient (Wildman–Crippen LogP) is 1.77. The number of ether oxygens (including phenoxy) is 1. The molecule has 0 bridgehead atoms. The number of aliphatic carboxylic acids is 1. The number of amides is 1. The number of carboxylic acid groups (broad SMARTS) is 1. The van der Waals surface area contributed by atoms with Crippen LogP contribution in [0.3, 0.4) is 0 Å².